The molecule has 0 aliphatic rings. The molecule has 12 aromatic rings. The first-order valence-electron chi connectivity index (χ1n) is 37.5. The Bertz CT molecular complexity index is 5610. The average molecular weight is 1550 g/mol. The minimum Gasteiger partial charge on any atom is -0.368 e. The highest BCUT2D eigenvalue weighted by Crippen LogP contribution is 2.33. The maximum Gasteiger partial charge on any atom is 0.254 e. The summed E-state index contributed by atoms with van der Waals surface area (Å²) in [6, 6.07) is 47.0. The van der Waals surface area contributed by atoms with E-state index in [4.69, 9.17) is 31.4 Å². The summed E-state index contributed by atoms with van der Waals surface area (Å²) in [7, 11) is 7.80. The third kappa shape index (κ3) is 20.1. The van der Waals surface area contributed by atoms with Crippen molar-refractivity contribution in [3.63, 3.8) is 0 Å². The van der Waals surface area contributed by atoms with Crippen LogP contribution in [0.2, 0.25) is 0 Å². The minimum absolute atomic E-state index is 0.00979. The van der Waals surface area contributed by atoms with Gasteiger partial charge >= 0.3 is 0 Å². The minimum atomic E-state index is -1.23. The Morgan fingerprint density at radius 1 is 0.357 bits per heavy atom. The van der Waals surface area contributed by atoms with Crippen molar-refractivity contribution in [1.29, 1.82) is 0 Å². The van der Waals surface area contributed by atoms with Crippen LogP contribution in [0.3, 0.4) is 0 Å². The summed E-state index contributed by atoms with van der Waals surface area (Å²) >= 11 is 0. The van der Waals surface area contributed by atoms with Gasteiger partial charge in [0.15, 0.2) is 0 Å². The van der Waals surface area contributed by atoms with E-state index in [-0.39, 0.29) is 43.6 Å². The number of nitrogens with two attached hydrogens (primary N) is 2. The van der Waals surface area contributed by atoms with Crippen molar-refractivity contribution in [1.82, 2.24) is 96.7 Å². The van der Waals surface area contributed by atoms with Gasteiger partial charge in [-0.05, 0) is 175 Å². The van der Waals surface area contributed by atoms with Crippen molar-refractivity contribution in [3.05, 3.63) is 192 Å². The smallest absolute Gasteiger partial charge is 0.254 e. The van der Waals surface area contributed by atoms with E-state index in [2.05, 4.69) is 57.2 Å². The van der Waals surface area contributed by atoms with Gasteiger partial charge in [-0.3, -0.25) is 47.9 Å². The zero-order valence-electron chi connectivity index (χ0n) is 64.9. The lowest BCUT2D eigenvalue weighted by atomic mass is 10.0. The number of nitrogens with one attached hydrogen (secondary N) is 11. The van der Waals surface area contributed by atoms with Crippen LogP contribution in [0.25, 0.3) is 112 Å². The van der Waals surface area contributed by atoms with Crippen LogP contribution in [0.1, 0.15) is 69.1 Å². The molecule has 31 heteroatoms. The number of hydrogen-bond donors (Lipinski definition) is 13. The number of nitrogens with zero attached hydrogens (tertiary/aromatic N) is 8. The molecule has 0 radical (unpaired) electrons. The molecular formula is C84H91N21O10. The number of carbonyl (C=O) groups excluding carboxylic acids is 10. The molecule has 115 heavy (non-hydrogen) atoms. The molecule has 4 aromatic heterocycles. The number of likely N-dealkylation sites (N-methyl/N-ethyl adjacent to an activating group) is 2. The zero-order valence-corrected chi connectivity index (χ0v) is 64.9. The van der Waals surface area contributed by atoms with Crippen molar-refractivity contribution in [3.8, 4) is 67.8 Å². The van der Waals surface area contributed by atoms with Gasteiger partial charge in [0.25, 0.3) is 23.6 Å². The Morgan fingerprint density at radius 2 is 0.652 bits per heavy atom. The molecule has 15 N–H and O–H groups in total. The number of aromatic amines is 4. The highest BCUT2D eigenvalue weighted by Gasteiger charge is 2.29. The van der Waals surface area contributed by atoms with Crippen LogP contribution in [0.4, 0.5) is 0 Å². The lowest BCUT2D eigenvalue weighted by molar-refractivity contribution is -0.139. The summed E-state index contributed by atoms with van der Waals surface area (Å²) < 4.78 is 0. The SMILES string of the molecule is C[C@@H](NC(=O)CN(CCN)C(=O)c1ccc(-c2nc3cc(-c4ccc5[nH]c(-c6ccc(C(=O)NCCN(C)C)cc6)nc5c4)ccc3[nH]2)cc1)C(=O)N[C@H](C)C(=O)N[C@H](C)C(=O)N[C@H](C)C(=O)N(CCNC(=O)c1ccc(-c2nc3cc(-c4ccc5[nH]c(-c6ccc(C(=O)NCCN(C)C)cc6)nc5c4)ccc3[nH]2)cc1)CC(N)=O. The van der Waals surface area contributed by atoms with E-state index in [1.807, 2.05) is 135 Å². The van der Waals surface area contributed by atoms with Crippen molar-refractivity contribution in [2.45, 2.75) is 51.9 Å². The van der Waals surface area contributed by atoms with Crippen molar-refractivity contribution >= 4 is 103 Å². The number of hydrogen-bond acceptors (Lipinski definition) is 17. The third-order valence-electron chi connectivity index (χ3n) is 19.3. The summed E-state index contributed by atoms with van der Waals surface area (Å²) in [4.78, 5) is 171. The van der Waals surface area contributed by atoms with Crippen molar-refractivity contribution in [2.75, 3.05) is 93.6 Å². The van der Waals surface area contributed by atoms with Gasteiger partial charge in [0, 0.05) is 96.9 Å². The second-order valence-corrected chi connectivity index (χ2v) is 28.7. The molecule has 4 heterocycles. The van der Waals surface area contributed by atoms with Crippen LogP contribution >= 0.6 is 0 Å². The summed E-state index contributed by atoms with van der Waals surface area (Å²) in [5, 5.41) is 18.7. The van der Waals surface area contributed by atoms with Crippen LogP contribution in [0.5, 0.6) is 0 Å². The first-order chi connectivity index (χ1) is 55.2. The first kappa shape index (κ1) is 80.7. The summed E-state index contributed by atoms with van der Waals surface area (Å²) in [6.07, 6.45) is 0. The number of carbonyl (C=O) groups is 10. The highest BCUT2D eigenvalue weighted by molar-refractivity contribution is 6.01. The summed E-state index contributed by atoms with van der Waals surface area (Å²) in [5.74, 6) is -3.27. The van der Waals surface area contributed by atoms with Crippen LogP contribution in [-0.4, -0.2) is 236 Å². The van der Waals surface area contributed by atoms with E-state index in [0.29, 0.717) is 69.7 Å². The lowest BCUT2D eigenvalue weighted by Gasteiger charge is -2.26. The van der Waals surface area contributed by atoms with E-state index in [1.54, 1.807) is 72.8 Å². The summed E-state index contributed by atoms with van der Waals surface area (Å²) in [5.41, 5.74) is 26.2. The number of H-pyrrole nitrogens is 4. The van der Waals surface area contributed by atoms with Gasteiger partial charge in [-0.1, -0.05) is 72.8 Å². The highest BCUT2D eigenvalue weighted by atomic mass is 16.2. The van der Waals surface area contributed by atoms with Gasteiger partial charge in [0.2, 0.25) is 35.4 Å². The van der Waals surface area contributed by atoms with Crippen LogP contribution in [0.15, 0.2) is 170 Å². The van der Waals surface area contributed by atoms with Crippen LogP contribution < -0.4 is 48.7 Å². The zero-order chi connectivity index (χ0) is 81.7. The van der Waals surface area contributed by atoms with Crippen molar-refractivity contribution < 1.29 is 47.9 Å². The molecule has 0 aliphatic heterocycles. The molecule has 0 bridgehead atoms. The van der Waals surface area contributed by atoms with Crippen molar-refractivity contribution in [2.24, 2.45) is 11.5 Å². The maximum atomic E-state index is 13.9. The molecule has 31 nitrogen and oxygen atoms in total. The Morgan fingerprint density at radius 3 is 0.965 bits per heavy atom. The lowest BCUT2D eigenvalue weighted by Crippen LogP contribution is -2.57. The molecule has 0 saturated heterocycles. The molecule has 12 rings (SSSR count). The Kier molecular flexibility index (Phi) is 25.4. The fourth-order valence-corrected chi connectivity index (χ4v) is 12.8. The number of primary amides is 1. The predicted octanol–water partition coefficient (Wildman–Crippen LogP) is 5.94. The third-order valence-corrected chi connectivity index (χ3v) is 19.3. The predicted molar refractivity (Wildman–Crippen MR) is 439 cm³/mol. The normalized spacial score (nSPS) is 12.4. The van der Waals surface area contributed by atoms with Gasteiger partial charge in [-0.15, -0.1) is 0 Å². The van der Waals surface area contributed by atoms with Gasteiger partial charge in [0.1, 0.15) is 47.5 Å². The summed E-state index contributed by atoms with van der Waals surface area (Å²) in [6.45, 7) is 6.87. The van der Waals surface area contributed by atoms with Crippen LogP contribution in [-0.2, 0) is 28.8 Å². The number of rotatable bonds is 33. The molecular weight excluding hydrogens is 1460 g/mol. The molecule has 0 aliphatic carbocycles. The van der Waals surface area contributed by atoms with E-state index in [9.17, 15) is 47.9 Å². The number of aromatic nitrogens is 8. The standard InChI is InChI=1S/C84H91N21O10/c1-47(90-72(107)46-104(37-33-85)84(115)58-23-15-54(16-24-58)76-97-66-32-28-62(44-70(66)101-76)61-27-31-64-68(43-61)99-74(95-64)52-11-19-56(20-12-52)81(112)88-35-39-103(7)8)77(108)91-48(2)78(109)92-49(3)79(110)93-50(4)83(114)105(45-71(86)106)40-36-89-82(113)57-21-13-53(14-22-57)75-96-65-30-26-60(42-69(65)100-75)59-25-29-63-67(41-59)98-73(94-63)51-9-17-55(18-10-51)80(111)87-34-38-102(5)6/h9-32,41-44,47-50H,33-40,45-46,85H2,1-8H3,(H2,86,106)(H,87,111)(H,88,112)(H,89,113)(H,90,107)(H,91,108)(H,92,109)(H,93,110)(H,94,98)(H,95,99)(H,96,100)(H,97,101)/t47-,48-,49-,50-/m1/s1. The van der Waals surface area contributed by atoms with E-state index < -0.39 is 84.5 Å². The largest absolute Gasteiger partial charge is 0.368 e. The Balaban J connectivity index is 0.565. The molecule has 0 spiro atoms. The Labute approximate surface area is 661 Å². The van der Waals surface area contributed by atoms with E-state index in [0.717, 1.165) is 90.0 Å². The average Bonchev–Trinajstić information content (AvgIpc) is 1.65. The van der Waals surface area contributed by atoms with Gasteiger partial charge in [0.05, 0.1) is 57.2 Å². The molecule has 10 amide bonds. The molecule has 0 fully saturated rings. The second kappa shape index (κ2) is 36.1. The molecule has 0 unspecified atom stereocenters. The van der Waals surface area contributed by atoms with Gasteiger partial charge in [-0.25, -0.2) is 19.9 Å². The van der Waals surface area contributed by atoms with E-state index >= 15 is 0 Å². The molecule has 4 atom stereocenters. The quantitative estimate of drug-likeness (QED) is 0.0226. The topological polar surface area (TPSA) is 435 Å². The maximum absolute atomic E-state index is 13.9. The number of amides is 10. The molecule has 8 aromatic carbocycles. The molecule has 592 valence electrons. The number of benzene rings is 8. The fourth-order valence-electron chi connectivity index (χ4n) is 12.8. The molecule has 0 saturated carbocycles. The van der Waals surface area contributed by atoms with Gasteiger partial charge in [-0.2, -0.15) is 0 Å². The second-order valence-electron chi connectivity index (χ2n) is 28.7. The number of imidazole rings is 4. The van der Waals surface area contributed by atoms with E-state index in [1.165, 1.54) is 32.6 Å². The monoisotopic (exact) mass is 1550 g/mol. The van der Waals surface area contributed by atoms with Gasteiger partial charge < -0.3 is 88.2 Å². The number of fused-ring (bicyclic) bond motifs is 4. The first-order valence-corrected chi connectivity index (χ1v) is 37.5. The van der Waals surface area contributed by atoms with Crippen LogP contribution in [0, 0.1) is 0 Å². The Hall–Kier alpha value is -13.8. The fraction of sp³-hybridized carbons (Fsp3) is 0.262.